The Morgan fingerprint density at radius 3 is 2.45 bits per heavy atom. The van der Waals surface area contributed by atoms with Gasteiger partial charge in [0.05, 0.1) is 28.1 Å². The molecule has 1 saturated carbocycles. The van der Waals surface area contributed by atoms with Gasteiger partial charge < -0.3 is 5.32 Å². The second kappa shape index (κ2) is 7.22. The number of benzene rings is 2. The van der Waals surface area contributed by atoms with Crippen LogP contribution in [0.3, 0.4) is 0 Å². The summed E-state index contributed by atoms with van der Waals surface area (Å²) in [5.74, 6) is 0.450. The van der Waals surface area contributed by atoms with Gasteiger partial charge in [0.15, 0.2) is 0 Å². The Bertz CT molecular complexity index is 1240. The van der Waals surface area contributed by atoms with E-state index >= 15 is 0 Å². The molecular weight excluding hydrogens is 500 g/mol. The van der Waals surface area contributed by atoms with E-state index in [0.717, 1.165) is 28.6 Å². The molecule has 1 atom stereocenters. The van der Waals surface area contributed by atoms with E-state index < -0.39 is 25.3 Å². The van der Waals surface area contributed by atoms with Crippen molar-refractivity contribution >= 4 is 47.2 Å². The van der Waals surface area contributed by atoms with Gasteiger partial charge in [0.25, 0.3) is 10.0 Å². The Hall–Kier alpha value is -1.58. The van der Waals surface area contributed by atoms with Crippen molar-refractivity contribution in [2.75, 3.05) is 28.2 Å². The zero-order valence-electron chi connectivity index (χ0n) is 17.2. The monoisotopic (exact) mass is 524 g/mol. The molecule has 5 rings (SSSR count). The Labute approximate surface area is 192 Å². The molecule has 1 N–H and O–H groups in total. The van der Waals surface area contributed by atoms with Gasteiger partial charge in [0.1, 0.15) is 9.84 Å². The fourth-order valence-electron chi connectivity index (χ4n) is 5.36. The average molecular weight is 525 g/mol. The second-order valence-corrected chi connectivity index (χ2v) is 13.9. The van der Waals surface area contributed by atoms with Crippen LogP contribution in [0.4, 0.5) is 11.4 Å². The number of rotatable bonds is 4. The zero-order chi connectivity index (χ0) is 22.0. The minimum atomic E-state index is -3.83. The fourth-order valence-corrected chi connectivity index (χ4v) is 9.12. The summed E-state index contributed by atoms with van der Waals surface area (Å²) in [6, 6.07) is 12.4. The summed E-state index contributed by atoms with van der Waals surface area (Å²) >= 11 is 3.55. The van der Waals surface area contributed by atoms with Gasteiger partial charge in [-0.05, 0) is 73.6 Å². The van der Waals surface area contributed by atoms with E-state index in [1.165, 1.54) is 0 Å². The molecule has 3 aliphatic rings. The molecule has 166 valence electrons. The molecule has 2 aromatic carbocycles. The van der Waals surface area contributed by atoms with Gasteiger partial charge in [-0.1, -0.05) is 22.0 Å². The second-order valence-electron chi connectivity index (χ2n) is 8.83. The van der Waals surface area contributed by atoms with Gasteiger partial charge in [-0.15, -0.1) is 0 Å². The van der Waals surface area contributed by atoms with Crippen LogP contribution in [-0.2, 0) is 25.3 Å². The summed E-state index contributed by atoms with van der Waals surface area (Å²) < 4.78 is 55.1. The minimum Gasteiger partial charge on any atom is -0.388 e. The van der Waals surface area contributed by atoms with E-state index in [2.05, 4.69) is 21.2 Å². The lowest BCUT2D eigenvalue weighted by Crippen LogP contribution is -2.52. The van der Waals surface area contributed by atoms with Crippen LogP contribution in [0, 0.1) is 5.92 Å². The van der Waals surface area contributed by atoms with Crippen LogP contribution in [0.25, 0.3) is 0 Å². The molecule has 6 nitrogen and oxygen atoms in total. The largest absolute Gasteiger partial charge is 0.388 e. The molecule has 2 aliphatic heterocycles. The quantitative estimate of drug-likeness (QED) is 0.655. The summed E-state index contributed by atoms with van der Waals surface area (Å²) in [5.41, 5.74) is 1.91. The average Bonchev–Trinajstić information content (AvgIpc) is 3.54. The number of nitrogens with one attached hydrogen (secondary N) is 1. The van der Waals surface area contributed by atoms with Crippen molar-refractivity contribution in [2.24, 2.45) is 5.92 Å². The van der Waals surface area contributed by atoms with Gasteiger partial charge in [0, 0.05) is 22.6 Å². The first-order valence-electron chi connectivity index (χ1n) is 10.5. The number of anilines is 2. The van der Waals surface area contributed by atoms with Gasteiger partial charge in [-0.3, -0.25) is 4.31 Å². The van der Waals surface area contributed by atoms with E-state index in [4.69, 9.17) is 0 Å². The maximum Gasteiger partial charge on any atom is 0.264 e. The SMILES string of the molecule is CNc1cccc(S(=O)(=O)N2c3ccc(Br)cc3C3(CCS(=O)(=O)CC3)C2C2CC2)c1. The highest BCUT2D eigenvalue weighted by molar-refractivity contribution is 9.10. The van der Waals surface area contributed by atoms with Crippen molar-refractivity contribution in [1.29, 1.82) is 0 Å². The smallest absolute Gasteiger partial charge is 0.264 e. The summed E-state index contributed by atoms with van der Waals surface area (Å²) in [5, 5.41) is 3.01. The molecule has 0 amide bonds. The van der Waals surface area contributed by atoms with Crippen molar-refractivity contribution in [2.45, 2.75) is 42.0 Å². The van der Waals surface area contributed by atoms with Crippen LogP contribution in [0.15, 0.2) is 51.8 Å². The Morgan fingerprint density at radius 2 is 1.81 bits per heavy atom. The number of hydrogen-bond donors (Lipinski definition) is 1. The van der Waals surface area contributed by atoms with Gasteiger partial charge >= 0.3 is 0 Å². The van der Waals surface area contributed by atoms with Crippen LogP contribution < -0.4 is 9.62 Å². The summed E-state index contributed by atoms with van der Waals surface area (Å²) in [6.45, 7) is 0. The highest BCUT2D eigenvalue weighted by atomic mass is 79.9. The van der Waals surface area contributed by atoms with Gasteiger partial charge in [-0.2, -0.15) is 0 Å². The van der Waals surface area contributed by atoms with Gasteiger partial charge in [-0.25, -0.2) is 16.8 Å². The third kappa shape index (κ3) is 3.40. The van der Waals surface area contributed by atoms with E-state index in [1.54, 1.807) is 29.6 Å². The maximum absolute atomic E-state index is 14.0. The topological polar surface area (TPSA) is 83.6 Å². The number of sulfonamides is 1. The van der Waals surface area contributed by atoms with Crippen LogP contribution in [0.2, 0.25) is 0 Å². The van der Waals surface area contributed by atoms with Crippen molar-refractivity contribution in [3.63, 3.8) is 0 Å². The number of fused-ring (bicyclic) bond motifs is 2. The van der Waals surface area contributed by atoms with Crippen molar-refractivity contribution < 1.29 is 16.8 Å². The van der Waals surface area contributed by atoms with Crippen LogP contribution >= 0.6 is 15.9 Å². The third-order valence-electron chi connectivity index (χ3n) is 7.02. The molecule has 9 heteroatoms. The molecule has 2 heterocycles. The van der Waals surface area contributed by atoms with Crippen molar-refractivity contribution in [3.05, 3.63) is 52.5 Å². The lowest BCUT2D eigenvalue weighted by atomic mass is 9.70. The van der Waals surface area contributed by atoms with Crippen LogP contribution in [-0.4, -0.2) is 41.4 Å². The molecule has 1 saturated heterocycles. The predicted molar refractivity (Wildman–Crippen MR) is 126 cm³/mol. The van der Waals surface area contributed by atoms with Crippen molar-refractivity contribution in [3.8, 4) is 0 Å². The third-order valence-corrected chi connectivity index (χ3v) is 11.0. The predicted octanol–water partition coefficient (Wildman–Crippen LogP) is 3.92. The number of nitrogens with zero attached hydrogens (tertiary/aromatic N) is 1. The molecular formula is C22H25BrN2O4S2. The first kappa shape index (κ1) is 21.3. The van der Waals surface area contributed by atoms with E-state index in [0.29, 0.717) is 18.5 Å². The number of hydrogen-bond acceptors (Lipinski definition) is 5. The minimum absolute atomic E-state index is 0.102. The fraction of sp³-hybridized carbons (Fsp3) is 0.455. The highest BCUT2D eigenvalue weighted by Crippen LogP contribution is 2.59. The standard InChI is InChI=1S/C22H25BrN2O4S2/c1-24-17-3-2-4-18(14-17)31(28,29)25-20-8-7-16(23)13-19(20)22(21(25)15-5-6-15)9-11-30(26,27)12-10-22/h2-4,7-8,13-15,21,24H,5-6,9-12H2,1H3. The lowest BCUT2D eigenvalue weighted by molar-refractivity contribution is 0.308. The Kier molecular flexibility index (Phi) is 4.95. The van der Waals surface area contributed by atoms with E-state index in [1.807, 2.05) is 24.3 Å². The molecule has 1 unspecified atom stereocenters. The molecule has 2 aromatic rings. The molecule has 31 heavy (non-hydrogen) atoms. The summed E-state index contributed by atoms with van der Waals surface area (Å²) in [6.07, 6.45) is 2.86. The number of sulfone groups is 1. The molecule has 0 radical (unpaired) electrons. The Balaban J connectivity index is 1.71. The van der Waals surface area contributed by atoms with Crippen molar-refractivity contribution in [1.82, 2.24) is 0 Å². The zero-order valence-corrected chi connectivity index (χ0v) is 20.4. The molecule has 1 aliphatic carbocycles. The van der Waals surface area contributed by atoms with Gasteiger partial charge in [0.2, 0.25) is 0 Å². The maximum atomic E-state index is 14.0. The molecule has 2 fully saturated rings. The first-order valence-corrected chi connectivity index (χ1v) is 14.6. The van der Waals surface area contributed by atoms with Crippen LogP contribution in [0.5, 0.6) is 0 Å². The first-order chi connectivity index (χ1) is 14.7. The molecule has 0 aromatic heterocycles. The summed E-state index contributed by atoms with van der Waals surface area (Å²) in [7, 11) is -5.15. The number of halogens is 1. The highest BCUT2D eigenvalue weighted by Gasteiger charge is 2.60. The summed E-state index contributed by atoms with van der Waals surface area (Å²) in [4.78, 5) is 0.249. The Morgan fingerprint density at radius 1 is 1.10 bits per heavy atom. The van der Waals surface area contributed by atoms with Crippen LogP contribution in [0.1, 0.15) is 31.2 Å². The van der Waals surface area contributed by atoms with E-state index in [-0.39, 0.29) is 28.4 Å². The van der Waals surface area contributed by atoms with E-state index in [9.17, 15) is 16.8 Å². The molecule has 0 bridgehead atoms. The molecule has 1 spiro atoms. The normalized spacial score (nSPS) is 24.2. The lowest BCUT2D eigenvalue weighted by Gasteiger charge is -2.41.